The number of nitrogens with zero attached hydrogens (tertiary/aromatic N) is 2. The van der Waals surface area contributed by atoms with Crippen LogP contribution in [0.3, 0.4) is 0 Å². The molecule has 0 saturated carbocycles. The molecule has 0 radical (unpaired) electrons. The Morgan fingerprint density at radius 1 is 1.06 bits per heavy atom. The van der Waals surface area contributed by atoms with Crippen molar-refractivity contribution in [2.75, 3.05) is 26.7 Å². The average Bonchev–Trinajstić information content (AvgIpc) is 3.12. The summed E-state index contributed by atoms with van der Waals surface area (Å²) in [6.07, 6.45) is 7.91. The van der Waals surface area contributed by atoms with Crippen molar-refractivity contribution in [1.29, 1.82) is 0 Å². The van der Waals surface area contributed by atoms with Gasteiger partial charge in [-0.15, -0.1) is 0 Å². The Balaban J connectivity index is 0.000000945. The zero-order chi connectivity index (χ0) is 25.1. The molecular formula is C27H41N3O4. The summed E-state index contributed by atoms with van der Waals surface area (Å²) in [6.45, 7) is 9.80. The topological polar surface area (TPSA) is 86.8 Å². The Kier molecular flexibility index (Phi) is 11.4. The molecule has 1 atom stereocenters. The fourth-order valence-electron chi connectivity index (χ4n) is 4.37. The highest BCUT2D eigenvalue weighted by Gasteiger charge is 2.40. The van der Waals surface area contributed by atoms with E-state index in [9.17, 15) is 19.2 Å². The number of likely N-dealkylation sites (tertiary alicyclic amines) is 1. The average molecular weight is 472 g/mol. The molecule has 34 heavy (non-hydrogen) atoms. The number of carbonyl (C=O) groups excluding carboxylic acids is 4. The van der Waals surface area contributed by atoms with Crippen LogP contribution in [0.2, 0.25) is 0 Å². The summed E-state index contributed by atoms with van der Waals surface area (Å²) in [5.41, 5.74) is 1.80. The van der Waals surface area contributed by atoms with Gasteiger partial charge in [0.2, 0.25) is 5.91 Å². The smallest absolute Gasteiger partial charge is 0.262 e. The maximum Gasteiger partial charge on any atom is 0.262 e. The molecule has 1 aromatic rings. The van der Waals surface area contributed by atoms with Crippen molar-refractivity contribution in [1.82, 2.24) is 15.1 Å². The highest BCUT2D eigenvalue weighted by Crippen LogP contribution is 2.33. The quantitative estimate of drug-likeness (QED) is 0.409. The molecule has 1 unspecified atom stereocenters. The summed E-state index contributed by atoms with van der Waals surface area (Å²) in [4.78, 5) is 52.3. The molecule has 1 fully saturated rings. The maximum atomic E-state index is 13.0. The number of unbranched alkanes of at least 4 members (excludes halogenated alkanes) is 2. The van der Waals surface area contributed by atoms with E-state index >= 15 is 0 Å². The van der Waals surface area contributed by atoms with Crippen LogP contribution in [0.5, 0.6) is 0 Å². The molecule has 0 aromatic heterocycles. The number of aldehydes is 1. The van der Waals surface area contributed by atoms with Crippen LogP contribution in [-0.2, 0) is 9.59 Å². The van der Waals surface area contributed by atoms with E-state index in [1.165, 1.54) is 32.7 Å². The van der Waals surface area contributed by atoms with Crippen molar-refractivity contribution in [3.05, 3.63) is 34.9 Å². The molecule has 0 aliphatic carbocycles. The molecule has 2 aliphatic rings. The fraction of sp³-hybridized carbons (Fsp3) is 0.630. The van der Waals surface area contributed by atoms with Crippen LogP contribution in [0.1, 0.15) is 104 Å². The molecule has 2 aliphatic heterocycles. The molecule has 7 nitrogen and oxygen atoms in total. The van der Waals surface area contributed by atoms with Gasteiger partial charge in [0, 0.05) is 13.5 Å². The van der Waals surface area contributed by atoms with E-state index in [-0.39, 0.29) is 18.7 Å². The molecular weight excluding hydrogens is 430 g/mol. The largest absolute Gasteiger partial charge is 0.359 e. The second-order valence-electron chi connectivity index (χ2n) is 9.17. The van der Waals surface area contributed by atoms with E-state index in [1.54, 1.807) is 6.07 Å². The number of fused-ring (bicyclic) bond motifs is 1. The number of imide groups is 1. The predicted molar refractivity (Wildman–Crippen MR) is 134 cm³/mol. The SMILES string of the molecule is CCCC.CCCCN1CCC(c2ccc3c(c2)C(=O)N(C(C=O)CCC(=O)NC)C3=O)CC1. The normalized spacial score (nSPS) is 17.1. The van der Waals surface area contributed by atoms with E-state index in [1.807, 2.05) is 12.1 Å². The van der Waals surface area contributed by atoms with Gasteiger partial charge in [-0.2, -0.15) is 0 Å². The summed E-state index contributed by atoms with van der Waals surface area (Å²) < 4.78 is 0. The monoisotopic (exact) mass is 471 g/mol. The Labute approximate surface area is 204 Å². The van der Waals surface area contributed by atoms with E-state index in [4.69, 9.17) is 0 Å². The number of carbonyl (C=O) groups is 4. The zero-order valence-electron chi connectivity index (χ0n) is 21.3. The van der Waals surface area contributed by atoms with Gasteiger partial charge >= 0.3 is 0 Å². The molecule has 0 spiro atoms. The second kappa shape index (κ2) is 14.0. The predicted octanol–water partition coefficient (Wildman–Crippen LogP) is 4.16. The van der Waals surface area contributed by atoms with Crippen molar-refractivity contribution in [3.8, 4) is 0 Å². The lowest BCUT2D eigenvalue weighted by molar-refractivity contribution is -0.121. The fourth-order valence-corrected chi connectivity index (χ4v) is 4.37. The van der Waals surface area contributed by atoms with Crippen LogP contribution < -0.4 is 5.32 Å². The standard InChI is InChI=1S/C23H31N3O4.C4H10/c1-3-4-11-25-12-9-16(10-13-25)17-5-7-19-20(14-17)23(30)26(22(19)29)18(15-27)6-8-21(28)24-2;1-3-4-2/h5,7,14-16,18H,3-4,6,8-13H2,1-2H3,(H,24,28);3-4H2,1-2H3. The lowest BCUT2D eigenvalue weighted by Crippen LogP contribution is -2.41. The van der Waals surface area contributed by atoms with E-state index in [0.717, 1.165) is 42.9 Å². The number of piperidine rings is 1. The third-order valence-electron chi connectivity index (χ3n) is 6.76. The molecule has 1 aromatic carbocycles. The number of rotatable bonds is 10. The van der Waals surface area contributed by atoms with Gasteiger partial charge in [0.05, 0.1) is 17.2 Å². The molecule has 0 bridgehead atoms. The third-order valence-corrected chi connectivity index (χ3v) is 6.76. The third kappa shape index (κ3) is 6.98. The van der Waals surface area contributed by atoms with Gasteiger partial charge in [0.15, 0.2) is 0 Å². The van der Waals surface area contributed by atoms with Gasteiger partial charge in [-0.1, -0.05) is 46.1 Å². The maximum absolute atomic E-state index is 13.0. The Hall–Kier alpha value is -2.54. The van der Waals surface area contributed by atoms with Crippen LogP contribution in [0.25, 0.3) is 0 Å². The van der Waals surface area contributed by atoms with Crippen LogP contribution >= 0.6 is 0 Å². The zero-order valence-corrected chi connectivity index (χ0v) is 21.3. The minimum absolute atomic E-state index is 0.0785. The minimum Gasteiger partial charge on any atom is -0.359 e. The summed E-state index contributed by atoms with van der Waals surface area (Å²) in [5.74, 6) is -0.748. The van der Waals surface area contributed by atoms with Crippen LogP contribution in [-0.4, -0.2) is 66.5 Å². The van der Waals surface area contributed by atoms with Gasteiger partial charge < -0.3 is 15.0 Å². The van der Waals surface area contributed by atoms with Crippen molar-refractivity contribution >= 4 is 24.0 Å². The summed E-state index contributed by atoms with van der Waals surface area (Å²) in [5, 5.41) is 2.49. The number of benzene rings is 1. The Morgan fingerprint density at radius 2 is 1.71 bits per heavy atom. The van der Waals surface area contributed by atoms with E-state index < -0.39 is 17.9 Å². The van der Waals surface area contributed by atoms with Crippen molar-refractivity contribution in [3.63, 3.8) is 0 Å². The highest BCUT2D eigenvalue weighted by molar-refractivity contribution is 6.22. The van der Waals surface area contributed by atoms with Gasteiger partial charge in [0.25, 0.3) is 11.8 Å². The molecule has 188 valence electrons. The molecule has 3 amide bonds. The number of nitrogens with one attached hydrogen (secondary N) is 1. The van der Waals surface area contributed by atoms with Crippen LogP contribution in [0, 0.1) is 0 Å². The number of hydrogen-bond acceptors (Lipinski definition) is 5. The van der Waals surface area contributed by atoms with Crippen molar-refractivity contribution in [2.45, 2.75) is 84.1 Å². The summed E-state index contributed by atoms with van der Waals surface area (Å²) >= 11 is 0. The first-order chi connectivity index (χ1) is 16.4. The summed E-state index contributed by atoms with van der Waals surface area (Å²) in [6, 6.07) is 4.57. The first kappa shape index (κ1) is 27.7. The number of hydrogen-bond donors (Lipinski definition) is 1. The molecule has 3 rings (SSSR count). The van der Waals surface area contributed by atoms with E-state index in [0.29, 0.717) is 23.3 Å². The van der Waals surface area contributed by atoms with Gasteiger partial charge in [0.1, 0.15) is 6.29 Å². The molecule has 1 saturated heterocycles. The first-order valence-corrected chi connectivity index (χ1v) is 12.8. The second-order valence-corrected chi connectivity index (χ2v) is 9.17. The number of amides is 3. The van der Waals surface area contributed by atoms with Crippen molar-refractivity contribution < 1.29 is 19.2 Å². The van der Waals surface area contributed by atoms with Gasteiger partial charge in [-0.25, -0.2) is 0 Å². The van der Waals surface area contributed by atoms with Crippen molar-refractivity contribution in [2.24, 2.45) is 0 Å². The molecule has 7 heteroatoms. The Bertz CT molecular complexity index is 844. The van der Waals surface area contributed by atoms with Gasteiger partial charge in [-0.05, 0) is 68.9 Å². The Morgan fingerprint density at radius 3 is 2.26 bits per heavy atom. The van der Waals surface area contributed by atoms with Gasteiger partial charge in [-0.3, -0.25) is 19.3 Å². The van der Waals surface area contributed by atoms with Crippen LogP contribution in [0.15, 0.2) is 18.2 Å². The minimum atomic E-state index is -0.931. The first-order valence-electron chi connectivity index (χ1n) is 12.8. The lowest BCUT2D eigenvalue weighted by atomic mass is 9.87. The summed E-state index contributed by atoms with van der Waals surface area (Å²) in [7, 11) is 1.51. The van der Waals surface area contributed by atoms with E-state index in [2.05, 4.69) is 31.0 Å². The molecule has 2 heterocycles. The highest BCUT2D eigenvalue weighted by atomic mass is 16.2. The molecule has 1 N–H and O–H groups in total. The van der Waals surface area contributed by atoms with Crippen LogP contribution in [0.4, 0.5) is 0 Å². The lowest BCUT2D eigenvalue weighted by Gasteiger charge is -2.32.